The molecule has 2 heterocycles. The normalized spacial score (nSPS) is 23.0. The number of amides is 1. The van der Waals surface area contributed by atoms with Gasteiger partial charge in [-0.15, -0.1) is 0 Å². The lowest BCUT2D eigenvalue weighted by atomic mass is 9.81. The third kappa shape index (κ3) is 1.30. The van der Waals surface area contributed by atoms with Crippen molar-refractivity contribution in [1.29, 1.82) is 0 Å². The molecule has 1 atom stereocenters. The van der Waals surface area contributed by atoms with Crippen molar-refractivity contribution < 1.29 is 9.59 Å². The third-order valence-electron chi connectivity index (χ3n) is 4.02. The Morgan fingerprint density at radius 2 is 1.60 bits per heavy atom. The van der Waals surface area contributed by atoms with Gasteiger partial charge in [-0.25, -0.2) is 0 Å². The number of para-hydroxylation sites is 2. The van der Waals surface area contributed by atoms with Crippen LogP contribution in [0.4, 0.5) is 11.4 Å². The molecule has 98 valence electrons. The monoisotopic (exact) mass is 264 g/mol. The zero-order valence-electron chi connectivity index (χ0n) is 10.6. The number of fused-ring (bicyclic) bond motifs is 3. The van der Waals surface area contributed by atoms with Crippen LogP contribution in [0.2, 0.25) is 0 Å². The highest BCUT2D eigenvalue weighted by Gasteiger charge is 2.50. The molecule has 4 rings (SSSR count). The van der Waals surface area contributed by atoms with Crippen molar-refractivity contribution in [2.24, 2.45) is 0 Å². The Morgan fingerprint density at radius 1 is 0.900 bits per heavy atom. The van der Waals surface area contributed by atoms with Gasteiger partial charge in [0.05, 0.1) is 0 Å². The first kappa shape index (κ1) is 11.2. The van der Waals surface area contributed by atoms with Gasteiger partial charge in [-0.3, -0.25) is 9.59 Å². The molecule has 2 aromatic rings. The van der Waals surface area contributed by atoms with Crippen LogP contribution in [0.1, 0.15) is 22.3 Å². The van der Waals surface area contributed by atoms with Gasteiger partial charge in [0.15, 0.2) is 11.3 Å². The van der Waals surface area contributed by atoms with Crippen molar-refractivity contribution >= 4 is 23.1 Å². The van der Waals surface area contributed by atoms with E-state index >= 15 is 0 Å². The predicted molar refractivity (Wildman–Crippen MR) is 75.8 cm³/mol. The largest absolute Gasteiger partial charge is 0.367 e. The van der Waals surface area contributed by atoms with E-state index in [0.29, 0.717) is 5.56 Å². The fraction of sp³-hybridized carbons (Fsp3) is 0.125. The fourth-order valence-electron chi connectivity index (χ4n) is 3.06. The molecule has 20 heavy (non-hydrogen) atoms. The fourth-order valence-corrected chi connectivity index (χ4v) is 3.06. The minimum Gasteiger partial charge on any atom is -0.367 e. The van der Waals surface area contributed by atoms with Gasteiger partial charge in [0.25, 0.3) is 5.91 Å². The minimum atomic E-state index is -0.970. The number of carbonyl (C=O) groups is 2. The summed E-state index contributed by atoms with van der Waals surface area (Å²) in [5.41, 5.74) is 2.01. The maximum absolute atomic E-state index is 12.4. The topological polar surface area (TPSA) is 58.2 Å². The Balaban J connectivity index is 1.92. The van der Waals surface area contributed by atoms with Gasteiger partial charge >= 0.3 is 0 Å². The summed E-state index contributed by atoms with van der Waals surface area (Å²) in [7, 11) is 0. The van der Waals surface area contributed by atoms with E-state index in [2.05, 4.69) is 10.6 Å². The molecular weight excluding hydrogens is 252 g/mol. The van der Waals surface area contributed by atoms with E-state index in [4.69, 9.17) is 0 Å². The molecule has 1 unspecified atom stereocenters. The highest BCUT2D eigenvalue weighted by atomic mass is 16.2. The van der Waals surface area contributed by atoms with E-state index in [-0.39, 0.29) is 18.1 Å². The Labute approximate surface area is 115 Å². The SMILES string of the molecule is O=C1CC2(Nc3ccccc31)C(=O)Nc1ccccc12. The Bertz CT molecular complexity index is 754. The van der Waals surface area contributed by atoms with E-state index in [9.17, 15) is 9.59 Å². The van der Waals surface area contributed by atoms with Gasteiger partial charge in [0.1, 0.15) is 0 Å². The van der Waals surface area contributed by atoms with Crippen molar-refractivity contribution in [3.8, 4) is 0 Å². The number of hydrogen-bond acceptors (Lipinski definition) is 3. The first-order chi connectivity index (χ1) is 9.71. The molecule has 0 saturated heterocycles. The summed E-state index contributed by atoms with van der Waals surface area (Å²) in [5, 5.41) is 6.13. The summed E-state index contributed by atoms with van der Waals surface area (Å²) in [4.78, 5) is 24.8. The molecule has 2 aromatic carbocycles. The lowest BCUT2D eigenvalue weighted by Crippen LogP contribution is -2.46. The molecule has 0 aromatic heterocycles. The smallest absolute Gasteiger partial charge is 0.255 e. The lowest BCUT2D eigenvalue weighted by molar-refractivity contribution is -0.120. The number of anilines is 2. The molecule has 0 saturated carbocycles. The molecule has 2 aliphatic rings. The van der Waals surface area contributed by atoms with E-state index in [1.807, 2.05) is 42.5 Å². The molecule has 1 spiro atoms. The van der Waals surface area contributed by atoms with Crippen molar-refractivity contribution in [3.05, 3.63) is 59.7 Å². The molecule has 4 heteroatoms. The number of benzene rings is 2. The molecule has 0 radical (unpaired) electrons. The summed E-state index contributed by atoms with van der Waals surface area (Å²) in [6.45, 7) is 0. The van der Waals surface area contributed by atoms with Crippen LogP contribution < -0.4 is 10.6 Å². The number of carbonyl (C=O) groups excluding carboxylic acids is 2. The Hall–Kier alpha value is -2.62. The summed E-state index contributed by atoms with van der Waals surface area (Å²) in [6, 6.07) is 14.8. The van der Waals surface area contributed by atoms with Crippen molar-refractivity contribution in [1.82, 2.24) is 0 Å². The molecule has 2 N–H and O–H groups in total. The zero-order chi connectivity index (χ0) is 13.7. The zero-order valence-corrected chi connectivity index (χ0v) is 10.6. The molecule has 0 fully saturated rings. The van der Waals surface area contributed by atoms with Gasteiger partial charge in [0, 0.05) is 28.9 Å². The molecule has 0 bridgehead atoms. The first-order valence-electron chi connectivity index (χ1n) is 6.52. The van der Waals surface area contributed by atoms with Crippen LogP contribution in [-0.4, -0.2) is 11.7 Å². The molecule has 0 aliphatic carbocycles. The Morgan fingerprint density at radius 3 is 2.45 bits per heavy atom. The van der Waals surface area contributed by atoms with Crippen LogP contribution in [0.15, 0.2) is 48.5 Å². The standard InChI is InChI=1S/C16H12N2O2/c19-14-9-16(18-12-7-3-1-5-10(12)14)11-6-2-4-8-13(11)17-15(16)20/h1-8,18H,9H2,(H,17,20). The molecular formula is C16H12N2O2. The van der Waals surface area contributed by atoms with Crippen LogP contribution in [0.25, 0.3) is 0 Å². The number of rotatable bonds is 0. The molecule has 2 aliphatic heterocycles. The second-order valence-corrected chi connectivity index (χ2v) is 5.18. The average molecular weight is 264 g/mol. The van der Waals surface area contributed by atoms with Gasteiger partial charge in [0.2, 0.25) is 0 Å². The summed E-state index contributed by atoms with van der Waals surface area (Å²) in [6.07, 6.45) is 0.146. The highest BCUT2D eigenvalue weighted by molar-refractivity contribution is 6.15. The van der Waals surface area contributed by atoms with Gasteiger partial charge < -0.3 is 10.6 Å². The van der Waals surface area contributed by atoms with Crippen LogP contribution in [-0.2, 0) is 10.3 Å². The predicted octanol–water partition coefficient (Wildman–Crippen LogP) is 2.53. The maximum Gasteiger partial charge on any atom is 0.255 e. The molecule has 1 amide bonds. The minimum absolute atomic E-state index is 0.00815. The van der Waals surface area contributed by atoms with E-state index in [0.717, 1.165) is 16.9 Å². The van der Waals surface area contributed by atoms with Crippen LogP contribution >= 0.6 is 0 Å². The third-order valence-corrected chi connectivity index (χ3v) is 4.02. The summed E-state index contributed by atoms with van der Waals surface area (Å²) in [5.74, 6) is -0.173. The number of ketones is 1. The number of Topliss-reactive ketones (excluding diaryl/α,β-unsaturated/α-hetero) is 1. The first-order valence-corrected chi connectivity index (χ1v) is 6.52. The van der Waals surface area contributed by atoms with Gasteiger partial charge in [-0.1, -0.05) is 30.3 Å². The van der Waals surface area contributed by atoms with Gasteiger partial charge in [-0.05, 0) is 18.2 Å². The van der Waals surface area contributed by atoms with Crippen LogP contribution in [0, 0.1) is 0 Å². The second kappa shape index (κ2) is 3.70. The van der Waals surface area contributed by atoms with E-state index in [1.165, 1.54) is 0 Å². The quantitative estimate of drug-likeness (QED) is 0.768. The maximum atomic E-state index is 12.4. The van der Waals surface area contributed by atoms with Crippen molar-refractivity contribution in [2.75, 3.05) is 10.6 Å². The lowest BCUT2D eigenvalue weighted by Gasteiger charge is -2.34. The highest BCUT2D eigenvalue weighted by Crippen LogP contribution is 2.44. The van der Waals surface area contributed by atoms with E-state index in [1.54, 1.807) is 6.07 Å². The second-order valence-electron chi connectivity index (χ2n) is 5.18. The van der Waals surface area contributed by atoms with Crippen LogP contribution in [0.5, 0.6) is 0 Å². The van der Waals surface area contributed by atoms with E-state index < -0.39 is 5.54 Å². The van der Waals surface area contributed by atoms with Crippen molar-refractivity contribution in [2.45, 2.75) is 12.0 Å². The number of hydrogen-bond donors (Lipinski definition) is 2. The number of nitrogens with one attached hydrogen (secondary N) is 2. The molecule has 4 nitrogen and oxygen atoms in total. The van der Waals surface area contributed by atoms with Crippen molar-refractivity contribution in [3.63, 3.8) is 0 Å². The summed E-state index contributed by atoms with van der Waals surface area (Å²) >= 11 is 0. The summed E-state index contributed by atoms with van der Waals surface area (Å²) < 4.78 is 0. The average Bonchev–Trinajstić information content (AvgIpc) is 2.72. The van der Waals surface area contributed by atoms with Gasteiger partial charge in [-0.2, -0.15) is 0 Å². The Kier molecular flexibility index (Phi) is 2.07. The van der Waals surface area contributed by atoms with Crippen LogP contribution in [0.3, 0.4) is 0 Å².